The standard InChI is InChI=1S/C11H12N4O/c1-7-4-3-5-9(6-7)13-14-10-8(2)12-15-11(10)16/h3-6H,1-2H3,(H2,12,15,16). The number of nitrogens with zero attached hydrogens (tertiary/aromatic N) is 2. The Hall–Kier alpha value is -2.17. The Kier molecular flexibility index (Phi) is 2.68. The molecule has 0 amide bonds. The SMILES string of the molecule is Cc1cccc(N=Nc2c(C)[nH][nH]c2=O)c1. The van der Waals surface area contributed by atoms with Crippen LogP contribution in [0.3, 0.4) is 0 Å². The molecule has 1 aromatic heterocycles. The zero-order valence-electron chi connectivity index (χ0n) is 9.11. The molecule has 0 bridgehead atoms. The van der Waals surface area contributed by atoms with E-state index < -0.39 is 0 Å². The molecule has 0 radical (unpaired) electrons. The lowest BCUT2D eigenvalue weighted by Gasteiger charge is -1.93. The summed E-state index contributed by atoms with van der Waals surface area (Å²) in [4.78, 5) is 11.3. The van der Waals surface area contributed by atoms with Crippen LogP contribution in [0.5, 0.6) is 0 Å². The monoisotopic (exact) mass is 216 g/mol. The van der Waals surface area contributed by atoms with Gasteiger partial charge in [-0.3, -0.25) is 9.89 Å². The van der Waals surface area contributed by atoms with E-state index in [1.54, 1.807) is 6.92 Å². The van der Waals surface area contributed by atoms with Gasteiger partial charge < -0.3 is 5.10 Å². The molecule has 16 heavy (non-hydrogen) atoms. The summed E-state index contributed by atoms with van der Waals surface area (Å²) in [5.41, 5.74) is 2.59. The summed E-state index contributed by atoms with van der Waals surface area (Å²) in [5, 5.41) is 13.1. The molecule has 5 nitrogen and oxygen atoms in total. The second kappa shape index (κ2) is 4.14. The Labute approximate surface area is 92.2 Å². The molecule has 0 saturated carbocycles. The van der Waals surface area contributed by atoms with Crippen molar-refractivity contribution >= 4 is 11.4 Å². The highest BCUT2D eigenvalue weighted by molar-refractivity contribution is 5.42. The van der Waals surface area contributed by atoms with Crippen LogP contribution in [0, 0.1) is 13.8 Å². The van der Waals surface area contributed by atoms with Crippen LogP contribution in [-0.2, 0) is 0 Å². The molecule has 0 unspecified atom stereocenters. The van der Waals surface area contributed by atoms with Crippen LogP contribution >= 0.6 is 0 Å². The topological polar surface area (TPSA) is 73.4 Å². The summed E-state index contributed by atoms with van der Waals surface area (Å²) in [7, 11) is 0. The maximum absolute atomic E-state index is 11.3. The number of aryl methyl sites for hydroxylation is 2. The van der Waals surface area contributed by atoms with Gasteiger partial charge in [0.15, 0.2) is 5.69 Å². The quantitative estimate of drug-likeness (QED) is 0.744. The molecule has 0 aliphatic rings. The Morgan fingerprint density at radius 2 is 1.94 bits per heavy atom. The lowest BCUT2D eigenvalue weighted by atomic mass is 10.2. The highest BCUT2D eigenvalue weighted by atomic mass is 16.1. The number of nitrogens with one attached hydrogen (secondary N) is 2. The predicted molar refractivity (Wildman–Crippen MR) is 61.5 cm³/mol. The van der Waals surface area contributed by atoms with Crippen molar-refractivity contribution in [2.75, 3.05) is 0 Å². The zero-order chi connectivity index (χ0) is 11.5. The Morgan fingerprint density at radius 3 is 2.56 bits per heavy atom. The van der Waals surface area contributed by atoms with E-state index >= 15 is 0 Å². The first-order chi connectivity index (χ1) is 7.66. The number of hydrogen-bond donors (Lipinski definition) is 2. The maximum Gasteiger partial charge on any atom is 0.291 e. The van der Waals surface area contributed by atoms with Crippen molar-refractivity contribution in [3.8, 4) is 0 Å². The van der Waals surface area contributed by atoms with Crippen molar-refractivity contribution in [1.29, 1.82) is 0 Å². The molecule has 0 aliphatic carbocycles. The number of H-pyrrole nitrogens is 2. The molecule has 2 N–H and O–H groups in total. The molecular formula is C11H12N4O. The van der Waals surface area contributed by atoms with Gasteiger partial charge in [0, 0.05) is 0 Å². The fourth-order valence-electron chi connectivity index (χ4n) is 1.36. The number of aromatic amines is 2. The van der Waals surface area contributed by atoms with Gasteiger partial charge >= 0.3 is 0 Å². The smallest absolute Gasteiger partial charge is 0.291 e. The minimum atomic E-state index is -0.256. The first kappa shape index (κ1) is 10.4. The molecule has 0 atom stereocenters. The van der Waals surface area contributed by atoms with Crippen molar-refractivity contribution in [2.45, 2.75) is 13.8 Å². The van der Waals surface area contributed by atoms with Crippen molar-refractivity contribution in [1.82, 2.24) is 10.2 Å². The maximum atomic E-state index is 11.3. The summed E-state index contributed by atoms with van der Waals surface area (Å²) < 4.78 is 0. The largest absolute Gasteiger partial charge is 0.300 e. The molecule has 0 aliphatic heterocycles. The average Bonchev–Trinajstić information content (AvgIpc) is 2.56. The molecule has 0 spiro atoms. The van der Waals surface area contributed by atoms with E-state index in [1.807, 2.05) is 31.2 Å². The predicted octanol–water partition coefficient (Wildman–Crippen LogP) is 2.74. The minimum Gasteiger partial charge on any atom is -0.300 e. The normalized spacial score (nSPS) is 11.1. The second-order valence-corrected chi connectivity index (χ2v) is 3.59. The molecule has 2 aromatic rings. The van der Waals surface area contributed by atoms with E-state index in [1.165, 1.54) is 0 Å². The lowest BCUT2D eigenvalue weighted by molar-refractivity contribution is 1.02. The zero-order valence-corrected chi connectivity index (χ0v) is 9.11. The van der Waals surface area contributed by atoms with Gasteiger partial charge in [-0.15, -0.1) is 5.11 Å². The fourth-order valence-corrected chi connectivity index (χ4v) is 1.36. The number of aromatic nitrogens is 2. The molecule has 2 rings (SSSR count). The Balaban J connectivity index is 2.32. The Morgan fingerprint density at radius 1 is 1.12 bits per heavy atom. The van der Waals surface area contributed by atoms with Crippen LogP contribution < -0.4 is 5.56 Å². The van der Waals surface area contributed by atoms with E-state index in [9.17, 15) is 4.79 Å². The summed E-state index contributed by atoms with van der Waals surface area (Å²) in [5.74, 6) is 0. The van der Waals surface area contributed by atoms with Gasteiger partial charge in [0.05, 0.1) is 11.4 Å². The second-order valence-electron chi connectivity index (χ2n) is 3.59. The van der Waals surface area contributed by atoms with Crippen molar-refractivity contribution in [3.05, 3.63) is 45.9 Å². The van der Waals surface area contributed by atoms with Crippen LogP contribution in [0.4, 0.5) is 11.4 Å². The molecule has 1 heterocycles. The van der Waals surface area contributed by atoms with Crippen LogP contribution in [0.1, 0.15) is 11.3 Å². The van der Waals surface area contributed by atoms with Crippen LogP contribution in [-0.4, -0.2) is 10.2 Å². The van der Waals surface area contributed by atoms with Crippen molar-refractivity contribution < 1.29 is 0 Å². The highest BCUT2D eigenvalue weighted by Gasteiger charge is 2.03. The van der Waals surface area contributed by atoms with E-state index in [0.717, 1.165) is 11.3 Å². The van der Waals surface area contributed by atoms with E-state index in [4.69, 9.17) is 0 Å². The lowest BCUT2D eigenvalue weighted by Crippen LogP contribution is -1.96. The number of hydrogen-bond acceptors (Lipinski definition) is 3. The number of rotatable bonds is 2. The van der Waals surface area contributed by atoms with E-state index in [2.05, 4.69) is 20.4 Å². The molecule has 82 valence electrons. The van der Waals surface area contributed by atoms with E-state index in [0.29, 0.717) is 11.4 Å². The van der Waals surface area contributed by atoms with Gasteiger partial charge in [0.25, 0.3) is 5.56 Å². The van der Waals surface area contributed by atoms with E-state index in [-0.39, 0.29) is 5.56 Å². The molecule has 1 aromatic carbocycles. The van der Waals surface area contributed by atoms with Gasteiger partial charge in [-0.1, -0.05) is 12.1 Å². The van der Waals surface area contributed by atoms with Gasteiger partial charge in [-0.05, 0) is 31.5 Å². The van der Waals surface area contributed by atoms with Gasteiger partial charge in [-0.25, -0.2) is 0 Å². The fraction of sp³-hybridized carbons (Fsp3) is 0.182. The summed E-state index contributed by atoms with van der Waals surface area (Å²) in [6.45, 7) is 3.75. The van der Waals surface area contributed by atoms with Gasteiger partial charge in [-0.2, -0.15) is 5.11 Å². The molecule has 5 heteroatoms. The minimum absolute atomic E-state index is 0.256. The number of benzene rings is 1. The molecule has 0 fully saturated rings. The summed E-state index contributed by atoms with van der Waals surface area (Å²) >= 11 is 0. The molecular weight excluding hydrogens is 204 g/mol. The third kappa shape index (κ3) is 2.08. The average molecular weight is 216 g/mol. The van der Waals surface area contributed by atoms with Gasteiger partial charge in [0.2, 0.25) is 0 Å². The van der Waals surface area contributed by atoms with Crippen LogP contribution in [0.15, 0.2) is 39.3 Å². The third-order valence-electron chi connectivity index (χ3n) is 2.20. The van der Waals surface area contributed by atoms with Crippen LogP contribution in [0.2, 0.25) is 0 Å². The summed E-state index contributed by atoms with van der Waals surface area (Å²) in [6, 6.07) is 7.62. The highest BCUT2D eigenvalue weighted by Crippen LogP contribution is 2.17. The summed E-state index contributed by atoms with van der Waals surface area (Å²) in [6.07, 6.45) is 0. The Bertz CT molecular complexity index is 580. The first-order valence-electron chi connectivity index (χ1n) is 4.92. The third-order valence-corrected chi connectivity index (χ3v) is 2.20. The van der Waals surface area contributed by atoms with Crippen molar-refractivity contribution in [3.63, 3.8) is 0 Å². The number of azo groups is 1. The van der Waals surface area contributed by atoms with Gasteiger partial charge in [0.1, 0.15) is 0 Å². The first-order valence-corrected chi connectivity index (χ1v) is 4.92. The van der Waals surface area contributed by atoms with Crippen molar-refractivity contribution in [2.24, 2.45) is 10.2 Å². The molecule has 0 saturated heterocycles. The van der Waals surface area contributed by atoms with Crippen LogP contribution in [0.25, 0.3) is 0 Å².